The van der Waals surface area contributed by atoms with Gasteiger partial charge in [0.1, 0.15) is 12.2 Å². The van der Waals surface area contributed by atoms with E-state index in [0.717, 1.165) is 26.6 Å². The van der Waals surface area contributed by atoms with Crippen LogP contribution in [0.1, 0.15) is 44.2 Å². The topological polar surface area (TPSA) is 82.1 Å². The number of esters is 1. The standard InChI is InChI=1S/C23H25NO6S/c1-23(2,3)30-21(25)12-15-13-29-31(27)24(15)22(26)28-14-20-18-10-6-4-8-16(18)17-9-5-7-11-19(17)20/h4-11,15,20H,12-14H2,1-3H3. The first-order valence-corrected chi connectivity index (χ1v) is 11.2. The second-order valence-corrected chi connectivity index (χ2v) is 9.64. The molecular weight excluding hydrogens is 418 g/mol. The molecule has 2 aromatic carbocycles. The molecule has 1 aliphatic heterocycles. The number of benzene rings is 2. The van der Waals surface area contributed by atoms with E-state index >= 15 is 0 Å². The summed E-state index contributed by atoms with van der Waals surface area (Å²) in [5.41, 5.74) is 3.76. The van der Waals surface area contributed by atoms with Gasteiger partial charge in [0.25, 0.3) is 11.3 Å². The summed E-state index contributed by atoms with van der Waals surface area (Å²) in [5.74, 6) is -0.603. The third-order valence-corrected chi connectivity index (χ3v) is 6.30. The van der Waals surface area contributed by atoms with Gasteiger partial charge in [-0.2, -0.15) is 4.31 Å². The zero-order chi connectivity index (χ0) is 22.2. The summed E-state index contributed by atoms with van der Waals surface area (Å²) < 4.78 is 29.2. The van der Waals surface area contributed by atoms with Gasteiger partial charge in [-0.05, 0) is 43.0 Å². The molecule has 31 heavy (non-hydrogen) atoms. The minimum atomic E-state index is -2.00. The van der Waals surface area contributed by atoms with Crippen molar-refractivity contribution in [2.24, 2.45) is 0 Å². The Hall–Kier alpha value is -2.71. The van der Waals surface area contributed by atoms with Gasteiger partial charge in [-0.3, -0.25) is 8.98 Å². The molecule has 1 aliphatic carbocycles. The van der Waals surface area contributed by atoms with E-state index < -0.39 is 35.0 Å². The summed E-state index contributed by atoms with van der Waals surface area (Å²) in [7, 11) is 0. The lowest BCUT2D eigenvalue weighted by Gasteiger charge is -2.23. The molecule has 8 heteroatoms. The Morgan fingerprint density at radius 1 is 1.06 bits per heavy atom. The van der Waals surface area contributed by atoms with Crippen LogP contribution in [0.5, 0.6) is 0 Å². The third-order valence-electron chi connectivity index (χ3n) is 5.19. The minimum Gasteiger partial charge on any atom is -0.460 e. The SMILES string of the molecule is CC(C)(C)OC(=O)CC1COS(=O)N1C(=O)OCC1c2ccccc2-c2ccccc21. The van der Waals surface area contributed by atoms with E-state index in [1.54, 1.807) is 20.8 Å². The van der Waals surface area contributed by atoms with Gasteiger partial charge in [-0.1, -0.05) is 48.5 Å². The highest BCUT2D eigenvalue weighted by molar-refractivity contribution is 7.78. The molecule has 1 heterocycles. The monoisotopic (exact) mass is 443 g/mol. The maximum absolute atomic E-state index is 12.8. The van der Waals surface area contributed by atoms with Crippen molar-refractivity contribution in [2.45, 2.75) is 44.8 Å². The lowest BCUT2D eigenvalue weighted by molar-refractivity contribution is -0.155. The van der Waals surface area contributed by atoms with Crippen LogP contribution in [0.15, 0.2) is 48.5 Å². The van der Waals surface area contributed by atoms with Crippen LogP contribution in [0.25, 0.3) is 11.1 Å². The minimum absolute atomic E-state index is 0.0178. The summed E-state index contributed by atoms with van der Waals surface area (Å²) >= 11 is -2.00. The van der Waals surface area contributed by atoms with Gasteiger partial charge in [0.2, 0.25) is 0 Å². The van der Waals surface area contributed by atoms with Gasteiger partial charge in [-0.15, -0.1) is 0 Å². The molecule has 1 fully saturated rings. The quantitative estimate of drug-likeness (QED) is 0.666. The molecule has 164 valence electrons. The van der Waals surface area contributed by atoms with Gasteiger partial charge in [0.05, 0.1) is 19.1 Å². The summed E-state index contributed by atoms with van der Waals surface area (Å²) in [5, 5.41) is 0. The molecule has 2 atom stereocenters. The van der Waals surface area contributed by atoms with Crippen LogP contribution in [-0.4, -0.2) is 45.4 Å². The van der Waals surface area contributed by atoms with Gasteiger partial charge in [-0.25, -0.2) is 9.00 Å². The van der Waals surface area contributed by atoms with E-state index in [9.17, 15) is 13.8 Å². The van der Waals surface area contributed by atoms with Crippen molar-refractivity contribution in [1.82, 2.24) is 4.31 Å². The predicted molar refractivity (Wildman–Crippen MR) is 115 cm³/mol. The van der Waals surface area contributed by atoms with Crippen molar-refractivity contribution in [2.75, 3.05) is 13.2 Å². The third kappa shape index (κ3) is 4.50. The lowest BCUT2D eigenvalue weighted by atomic mass is 9.98. The smallest absolute Gasteiger partial charge is 0.423 e. The molecule has 2 aromatic rings. The largest absolute Gasteiger partial charge is 0.460 e. The molecule has 0 spiro atoms. The summed E-state index contributed by atoms with van der Waals surface area (Å²) in [6, 6.07) is 15.3. The van der Waals surface area contributed by atoms with Gasteiger partial charge >= 0.3 is 12.1 Å². The van der Waals surface area contributed by atoms with Gasteiger partial charge in [0.15, 0.2) is 0 Å². The molecule has 7 nitrogen and oxygen atoms in total. The van der Waals surface area contributed by atoms with Crippen molar-refractivity contribution in [1.29, 1.82) is 0 Å². The first-order chi connectivity index (χ1) is 14.7. The second-order valence-electron chi connectivity index (χ2n) is 8.58. The highest BCUT2D eigenvalue weighted by atomic mass is 32.2. The van der Waals surface area contributed by atoms with E-state index in [2.05, 4.69) is 12.1 Å². The van der Waals surface area contributed by atoms with Crippen LogP contribution in [0.3, 0.4) is 0 Å². The van der Waals surface area contributed by atoms with Crippen molar-refractivity contribution < 1.29 is 27.5 Å². The number of hydrogen-bond acceptors (Lipinski definition) is 6. The van der Waals surface area contributed by atoms with Crippen LogP contribution < -0.4 is 0 Å². The molecule has 0 saturated carbocycles. The molecule has 1 amide bonds. The number of carbonyl (C=O) groups is 2. The van der Waals surface area contributed by atoms with E-state index in [4.69, 9.17) is 13.7 Å². The van der Waals surface area contributed by atoms with E-state index in [-0.39, 0.29) is 25.6 Å². The fourth-order valence-corrected chi connectivity index (χ4v) is 4.91. The Balaban J connectivity index is 1.46. The highest BCUT2D eigenvalue weighted by Gasteiger charge is 2.40. The fourth-order valence-electron chi connectivity index (χ4n) is 3.97. The number of ether oxygens (including phenoxy) is 2. The molecule has 0 aromatic heterocycles. The maximum atomic E-state index is 12.8. The predicted octanol–water partition coefficient (Wildman–Crippen LogP) is 3.95. The molecule has 1 saturated heterocycles. The van der Waals surface area contributed by atoms with Crippen molar-refractivity contribution in [3.05, 3.63) is 59.7 Å². The van der Waals surface area contributed by atoms with Crippen LogP contribution in [0, 0.1) is 0 Å². The highest BCUT2D eigenvalue weighted by Crippen LogP contribution is 2.44. The molecule has 0 radical (unpaired) electrons. The Labute approximate surface area is 184 Å². The van der Waals surface area contributed by atoms with E-state index in [1.165, 1.54) is 0 Å². The number of rotatable bonds is 4. The van der Waals surface area contributed by atoms with E-state index in [1.807, 2.05) is 36.4 Å². The lowest BCUT2D eigenvalue weighted by Crippen LogP contribution is -2.40. The van der Waals surface area contributed by atoms with Gasteiger partial charge in [0, 0.05) is 5.92 Å². The Morgan fingerprint density at radius 2 is 1.65 bits per heavy atom. The molecule has 0 bridgehead atoms. The molecular formula is C23H25NO6S. The zero-order valence-corrected chi connectivity index (χ0v) is 18.5. The average molecular weight is 444 g/mol. The summed E-state index contributed by atoms with van der Waals surface area (Å²) in [4.78, 5) is 25.0. The Kier molecular flexibility index (Phi) is 5.85. The van der Waals surface area contributed by atoms with Crippen molar-refractivity contribution >= 4 is 23.3 Å². The summed E-state index contributed by atoms with van der Waals surface area (Å²) in [6.07, 6.45) is -0.890. The Morgan fingerprint density at radius 3 is 2.23 bits per heavy atom. The first kappa shape index (κ1) is 21.5. The second kappa shape index (κ2) is 8.43. The molecule has 2 aliphatic rings. The van der Waals surface area contributed by atoms with Crippen LogP contribution >= 0.6 is 0 Å². The average Bonchev–Trinajstić information content (AvgIpc) is 3.22. The summed E-state index contributed by atoms with van der Waals surface area (Å²) in [6.45, 7) is 5.36. The van der Waals surface area contributed by atoms with Crippen LogP contribution in [-0.2, 0) is 29.7 Å². The number of fused-ring (bicyclic) bond motifs is 3. The van der Waals surface area contributed by atoms with Crippen molar-refractivity contribution in [3.8, 4) is 11.1 Å². The number of hydrogen-bond donors (Lipinski definition) is 0. The molecule has 4 rings (SSSR count). The molecule has 0 N–H and O–H groups in total. The number of carbonyl (C=O) groups excluding carboxylic acids is 2. The van der Waals surface area contributed by atoms with Crippen molar-refractivity contribution in [3.63, 3.8) is 0 Å². The fraction of sp³-hybridized carbons (Fsp3) is 0.391. The maximum Gasteiger partial charge on any atom is 0.423 e. The number of amides is 1. The van der Waals surface area contributed by atoms with Gasteiger partial charge < -0.3 is 9.47 Å². The van der Waals surface area contributed by atoms with Crippen LogP contribution in [0.4, 0.5) is 4.79 Å². The number of nitrogens with zero attached hydrogens (tertiary/aromatic N) is 1. The van der Waals surface area contributed by atoms with Crippen LogP contribution in [0.2, 0.25) is 0 Å². The first-order valence-electron chi connectivity index (χ1n) is 10.2. The van der Waals surface area contributed by atoms with E-state index in [0.29, 0.717) is 0 Å². The normalized spacial score (nSPS) is 20.3. The zero-order valence-electron chi connectivity index (χ0n) is 17.7. The Bertz CT molecular complexity index is 985. The molecule has 2 unspecified atom stereocenters.